The first-order valence-electron chi connectivity index (χ1n) is 11.0. The van der Waals surface area contributed by atoms with Gasteiger partial charge in [0.15, 0.2) is 11.5 Å². The van der Waals surface area contributed by atoms with Crippen LogP contribution in [-0.2, 0) is 9.59 Å². The second kappa shape index (κ2) is 11.0. The number of aryl methyl sites for hydroxylation is 1. The molecule has 0 spiro atoms. The molecule has 3 aromatic rings. The van der Waals surface area contributed by atoms with Crippen molar-refractivity contribution in [1.82, 2.24) is 5.32 Å². The van der Waals surface area contributed by atoms with Gasteiger partial charge in [-0.2, -0.15) is 0 Å². The van der Waals surface area contributed by atoms with Crippen LogP contribution in [0.2, 0.25) is 5.02 Å². The van der Waals surface area contributed by atoms with Crippen molar-refractivity contribution < 1.29 is 28.6 Å². The molecule has 9 heteroatoms. The summed E-state index contributed by atoms with van der Waals surface area (Å²) in [6.45, 7) is 2.58. The highest BCUT2D eigenvalue weighted by atomic mass is 35.5. The molecule has 1 fully saturated rings. The molecule has 0 saturated carbocycles. The summed E-state index contributed by atoms with van der Waals surface area (Å²) in [5.41, 5.74) is 1.63. The molecule has 3 aromatic carbocycles. The van der Waals surface area contributed by atoms with E-state index in [0.29, 0.717) is 28.7 Å². The van der Waals surface area contributed by atoms with Gasteiger partial charge in [0.25, 0.3) is 11.8 Å². The summed E-state index contributed by atoms with van der Waals surface area (Å²) in [6, 6.07) is 18.0. The number of barbiturate groups is 1. The number of methoxy groups -OCH3 is 1. The second-order valence-corrected chi connectivity index (χ2v) is 8.24. The first kappa shape index (κ1) is 24.8. The standard InChI is InChI=1S/C27H23ClN2O6/c1-17-5-3-4-6-22(17)35-13-14-36-23-12-7-18(16-24(23)34-2)15-21-25(31)29-27(33)30(26(21)32)20-10-8-19(28)9-11-20/h3-12,15-16H,13-14H2,1-2H3,(H,29,31,33)/b21-15-. The quantitative estimate of drug-likeness (QED) is 0.268. The van der Waals surface area contributed by atoms with Gasteiger partial charge < -0.3 is 14.2 Å². The number of anilines is 1. The van der Waals surface area contributed by atoms with Crippen molar-refractivity contribution in [1.29, 1.82) is 0 Å². The number of ether oxygens (including phenoxy) is 3. The van der Waals surface area contributed by atoms with Crippen LogP contribution in [0.25, 0.3) is 6.08 Å². The number of nitrogens with one attached hydrogen (secondary N) is 1. The molecule has 1 N–H and O–H groups in total. The molecule has 0 bridgehead atoms. The van der Waals surface area contributed by atoms with Gasteiger partial charge in [-0.25, -0.2) is 9.69 Å². The molecule has 1 heterocycles. The van der Waals surface area contributed by atoms with Gasteiger partial charge in [-0.3, -0.25) is 14.9 Å². The lowest BCUT2D eigenvalue weighted by Crippen LogP contribution is -2.54. The number of benzene rings is 3. The van der Waals surface area contributed by atoms with E-state index in [1.165, 1.54) is 25.3 Å². The molecule has 4 amide bonds. The van der Waals surface area contributed by atoms with Crippen molar-refractivity contribution >= 4 is 41.2 Å². The molecule has 0 radical (unpaired) electrons. The van der Waals surface area contributed by atoms with Crippen LogP contribution in [-0.4, -0.2) is 38.2 Å². The average molecular weight is 507 g/mol. The first-order chi connectivity index (χ1) is 17.4. The number of hydrogen-bond acceptors (Lipinski definition) is 6. The van der Waals surface area contributed by atoms with Crippen molar-refractivity contribution in [3.63, 3.8) is 0 Å². The molecular formula is C27H23ClN2O6. The van der Waals surface area contributed by atoms with Crippen LogP contribution >= 0.6 is 11.6 Å². The van der Waals surface area contributed by atoms with E-state index < -0.39 is 17.8 Å². The van der Waals surface area contributed by atoms with Crippen LogP contribution in [0.3, 0.4) is 0 Å². The fourth-order valence-electron chi connectivity index (χ4n) is 3.56. The molecule has 4 rings (SSSR count). The van der Waals surface area contributed by atoms with Crippen LogP contribution in [0.15, 0.2) is 72.3 Å². The molecule has 0 atom stereocenters. The molecule has 8 nitrogen and oxygen atoms in total. The van der Waals surface area contributed by atoms with Gasteiger partial charge in [0.2, 0.25) is 0 Å². The Labute approximate surface area is 213 Å². The number of urea groups is 1. The van der Waals surface area contributed by atoms with Crippen molar-refractivity contribution in [2.24, 2.45) is 0 Å². The van der Waals surface area contributed by atoms with Crippen molar-refractivity contribution in [2.75, 3.05) is 25.2 Å². The van der Waals surface area contributed by atoms with Gasteiger partial charge in [-0.05, 0) is 66.6 Å². The molecule has 0 unspecified atom stereocenters. The van der Waals surface area contributed by atoms with Gasteiger partial charge >= 0.3 is 6.03 Å². The normalized spacial score (nSPS) is 14.6. The molecule has 1 aliphatic rings. The Morgan fingerprint density at radius 2 is 1.58 bits per heavy atom. The van der Waals surface area contributed by atoms with Crippen molar-refractivity contribution in [2.45, 2.75) is 6.92 Å². The zero-order valence-electron chi connectivity index (χ0n) is 19.6. The summed E-state index contributed by atoms with van der Waals surface area (Å²) in [6.07, 6.45) is 1.39. The highest BCUT2D eigenvalue weighted by Crippen LogP contribution is 2.30. The smallest absolute Gasteiger partial charge is 0.335 e. The maximum absolute atomic E-state index is 13.0. The van der Waals surface area contributed by atoms with E-state index in [1.54, 1.807) is 30.3 Å². The lowest BCUT2D eigenvalue weighted by molar-refractivity contribution is -0.122. The van der Waals surface area contributed by atoms with Gasteiger partial charge in [0, 0.05) is 5.02 Å². The maximum Gasteiger partial charge on any atom is 0.335 e. The van der Waals surface area contributed by atoms with Gasteiger partial charge in [0.1, 0.15) is 24.5 Å². The fraction of sp³-hybridized carbons (Fsp3) is 0.148. The number of carbonyl (C=O) groups excluding carboxylic acids is 3. The minimum absolute atomic E-state index is 0.202. The number of carbonyl (C=O) groups is 3. The Bertz CT molecular complexity index is 1340. The van der Waals surface area contributed by atoms with E-state index >= 15 is 0 Å². The predicted octanol–water partition coefficient (Wildman–Crippen LogP) is 4.78. The number of imide groups is 2. The van der Waals surface area contributed by atoms with Crippen LogP contribution < -0.4 is 24.4 Å². The molecule has 1 saturated heterocycles. The SMILES string of the molecule is COc1cc(/C=C2/C(=O)NC(=O)N(c3ccc(Cl)cc3)C2=O)ccc1OCCOc1ccccc1C. The van der Waals surface area contributed by atoms with E-state index in [1.807, 2.05) is 31.2 Å². The minimum Gasteiger partial charge on any atom is -0.493 e. The lowest BCUT2D eigenvalue weighted by atomic mass is 10.1. The Morgan fingerprint density at radius 1 is 0.889 bits per heavy atom. The highest BCUT2D eigenvalue weighted by molar-refractivity contribution is 6.39. The number of hydrogen-bond donors (Lipinski definition) is 1. The second-order valence-electron chi connectivity index (χ2n) is 7.81. The molecule has 184 valence electrons. The average Bonchev–Trinajstić information content (AvgIpc) is 2.87. The summed E-state index contributed by atoms with van der Waals surface area (Å²) in [5.74, 6) is 0.137. The number of nitrogens with zero attached hydrogens (tertiary/aromatic N) is 1. The van der Waals surface area contributed by atoms with Crippen LogP contribution in [0.4, 0.5) is 10.5 Å². The largest absolute Gasteiger partial charge is 0.493 e. The summed E-state index contributed by atoms with van der Waals surface area (Å²) < 4.78 is 17.0. The van der Waals surface area contributed by atoms with Crippen LogP contribution in [0.5, 0.6) is 17.2 Å². The molecule has 36 heavy (non-hydrogen) atoms. The minimum atomic E-state index is -0.835. The third-order valence-electron chi connectivity index (χ3n) is 5.38. The number of rotatable bonds is 8. The summed E-state index contributed by atoms with van der Waals surface area (Å²) in [7, 11) is 1.49. The fourth-order valence-corrected chi connectivity index (χ4v) is 3.69. The molecule has 0 aromatic heterocycles. The van der Waals surface area contributed by atoms with E-state index in [0.717, 1.165) is 16.2 Å². The third kappa shape index (κ3) is 5.50. The molecular weight excluding hydrogens is 484 g/mol. The van der Waals surface area contributed by atoms with Crippen LogP contribution in [0.1, 0.15) is 11.1 Å². The van der Waals surface area contributed by atoms with E-state index in [9.17, 15) is 14.4 Å². The molecule has 1 aliphatic heterocycles. The zero-order chi connectivity index (χ0) is 25.7. The lowest BCUT2D eigenvalue weighted by Gasteiger charge is -2.26. The number of amides is 4. The third-order valence-corrected chi connectivity index (χ3v) is 5.63. The summed E-state index contributed by atoms with van der Waals surface area (Å²) in [4.78, 5) is 38.7. The van der Waals surface area contributed by atoms with Crippen molar-refractivity contribution in [3.05, 3.63) is 88.5 Å². The van der Waals surface area contributed by atoms with Crippen LogP contribution in [0, 0.1) is 6.92 Å². The number of halogens is 1. The maximum atomic E-state index is 13.0. The Kier molecular flexibility index (Phi) is 7.56. The van der Waals surface area contributed by atoms with E-state index in [-0.39, 0.29) is 17.9 Å². The van der Waals surface area contributed by atoms with Crippen molar-refractivity contribution in [3.8, 4) is 17.2 Å². The van der Waals surface area contributed by atoms with Gasteiger partial charge in [0.05, 0.1) is 12.8 Å². The first-order valence-corrected chi connectivity index (χ1v) is 11.4. The zero-order valence-corrected chi connectivity index (χ0v) is 20.4. The summed E-state index contributed by atoms with van der Waals surface area (Å²) >= 11 is 5.90. The van der Waals surface area contributed by atoms with Gasteiger partial charge in [-0.1, -0.05) is 35.9 Å². The molecule has 0 aliphatic carbocycles. The summed E-state index contributed by atoms with van der Waals surface area (Å²) in [5, 5.41) is 2.64. The monoisotopic (exact) mass is 506 g/mol. The predicted molar refractivity (Wildman–Crippen MR) is 136 cm³/mol. The number of para-hydroxylation sites is 1. The van der Waals surface area contributed by atoms with E-state index in [2.05, 4.69) is 5.32 Å². The Balaban J connectivity index is 1.48. The Morgan fingerprint density at radius 3 is 2.28 bits per heavy atom. The topological polar surface area (TPSA) is 94.2 Å². The van der Waals surface area contributed by atoms with Gasteiger partial charge in [-0.15, -0.1) is 0 Å². The highest BCUT2D eigenvalue weighted by Gasteiger charge is 2.36. The Hall–Kier alpha value is -4.30. The van der Waals surface area contributed by atoms with E-state index in [4.69, 9.17) is 25.8 Å².